The molecule has 0 aromatic carbocycles. The molecule has 1 aliphatic heterocycles. The van der Waals surface area contributed by atoms with Crippen molar-refractivity contribution in [2.45, 2.75) is 70.5 Å². The Balaban J connectivity index is 1.75. The summed E-state index contributed by atoms with van der Waals surface area (Å²) >= 11 is 1.31. The topological polar surface area (TPSA) is 125 Å². The van der Waals surface area contributed by atoms with Crippen LogP contribution in [0, 0.1) is 5.92 Å². The number of carbonyl (C=O) groups excluding carboxylic acids is 4. The van der Waals surface area contributed by atoms with E-state index in [0.29, 0.717) is 23.8 Å². The lowest BCUT2D eigenvalue weighted by atomic mass is 9.84. The monoisotopic (exact) mass is 477 g/mol. The highest BCUT2D eigenvalue weighted by atomic mass is 32.1. The van der Waals surface area contributed by atoms with Crippen molar-refractivity contribution in [3.63, 3.8) is 0 Å². The zero-order chi connectivity index (χ0) is 24.0. The van der Waals surface area contributed by atoms with E-state index in [-0.39, 0.29) is 31.1 Å². The van der Waals surface area contributed by atoms with Gasteiger partial charge in [0.15, 0.2) is 0 Å². The Morgan fingerprint density at radius 2 is 1.85 bits per heavy atom. The van der Waals surface area contributed by atoms with Crippen LogP contribution >= 0.6 is 11.3 Å². The number of carbonyl (C=O) groups is 4. The maximum atomic E-state index is 13.4. The molecule has 5 amide bonds. The molecule has 3 rings (SSSR count). The Morgan fingerprint density at radius 1 is 1.12 bits per heavy atom. The molecule has 182 valence electrons. The van der Waals surface area contributed by atoms with Crippen molar-refractivity contribution in [1.29, 1.82) is 0 Å². The van der Waals surface area contributed by atoms with Crippen LogP contribution in [0.25, 0.3) is 0 Å². The Hall–Kier alpha value is -2.62. The summed E-state index contributed by atoms with van der Waals surface area (Å²) in [6.45, 7) is 4.32. The average molecular weight is 478 g/mol. The molecule has 2 heterocycles. The van der Waals surface area contributed by atoms with Crippen molar-refractivity contribution in [3.8, 4) is 0 Å². The summed E-state index contributed by atoms with van der Waals surface area (Å²) in [4.78, 5) is 54.8. The molecule has 1 saturated carbocycles. The van der Waals surface area contributed by atoms with Gasteiger partial charge in [-0.25, -0.2) is 4.79 Å². The van der Waals surface area contributed by atoms with Gasteiger partial charge in [-0.2, -0.15) is 0 Å². The van der Waals surface area contributed by atoms with E-state index in [1.807, 2.05) is 19.2 Å². The Kier molecular flexibility index (Phi) is 8.71. The minimum Gasteiger partial charge on any atom is -0.368 e. The van der Waals surface area contributed by atoms with E-state index in [1.165, 1.54) is 22.7 Å². The molecule has 1 aromatic heterocycles. The molecule has 1 aromatic rings. The van der Waals surface area contributed by atoms with E-state index in [2.05, 4.69) is 10.6 Å². The number of piperazine rings is 1. The third-order valence-corrected chi connectivity index (χ3v) is 7.19. The molecule has 0 spiro atoms. The van der Waals surface area contributed by atoms with Gasteiger partial charge in [0.2, 0.25) is 11.8 Å². The highest BCUT2D eigenvalue weighted by Crippen LogP contribution is 2.27. The van der Waals surface area contributed by atoms with Gasteiger partial charge in [-0.15, -0.1) is 11.3 Å². The Morgan fingerprint density at radius 3 is 2.45 bits per heavy atom. The minimum absolute atomic E-state index is 0.0507. The predicted molar refractivity (Wildman–Crippen MR) is 127 cm³/mol. The lowest BCUT2D eigenvalue weighted by Gasteiger charge is -2.41. The second-order valence-corrected chi connectivity index (χ2v) is 10.2. The van der Waals surface area contributed by atoms with Crippen molar-refractivity contribution in [2.75, 3.05) is 19.6 Å². The largest absolute Gasteiger partial charge is 0.368 e. The Bertz CT molecular complexity index is 838. The second-order valence-electron chi connectivity index (χ2n) is 9.25. The SMILES string of the molecule is CC(C)NC(=O)N1CCN(C(=O)c2cccs2)C(C(=O)NC(CC2CCCCC2)C(N)=O)C1. The highest BCUT2D eigenvalue weighted by Gasteiger charge is 2.39. The van der Waals surface area contributed by atoms with Gasteiger partial charge in [0.1, 0.15) is 12.1 Å². The molecular formula is C23H35N5O4S. The number of nitrogens with one attached hydrogen (secondary N) is 2. The number of amides is 5. The minimum atomic E-state index is -0.903. The number of rotatable bonds is 7. The van der Waals surface area contributed by atoms with Gasteiger partial charge in [-0.3, -0.25) is 14.4 Å². The fourth-order valence-corrected chi connectivity index (χ4v) is 5.26. The molecule has 2 fully saturated rings. The predicted octanol–water partition coefficient (Wildman–Crippen LogP) is 1.93. The molecule has 9 nitrogen and oxygen atoms in total. The highest BCUT2D eigenvalue weighted by molar-refractivity contribution is 7.12. The summed E-state index contributed by atoms with van der Waals surface area (Å²) in [5, 5.41) is 7.45. The first-order valence-electron chi connectivity index (χ1n) is 11.8. The fraction of sp³-hybridized carbons (Fsp3) is 0.652. The second kappa shape index (κ2) is 11.5. The smallest absolute Gasteiger partial charge is 0.317 e. The zero-order valence-corrected chi connectivity index (χ0v) is 20.2. The number of thiophene rings is 1. The summed E-state index contributed by atoms with van der Waals surface area (Å²) in [5.74, 6) is -0.936. The molecule has 2 aliphatic rings. The maximum Gasteiger partial charge on any atom is 0.317 e. The normalized spacial score (nSPS) is 20.4. The molecule has 1 aliphatic carbocycles. The molecule has 0 bridgehead atoms. The zero-order valence-electron chi connectivity index (χ0n) is 19.4. The van der Waals surface area contributed by atoms with E-state index in [4.69, 9.17) is 5.73 Å². The lowest BCUT2D eigenvalue weighted by Crippen LogP contribution is -2.64. The molecule has 1 saturated heterocycles. The van der Waals surface area contributed by atoms with Crippen LogP contribution in [0.4, 0.5) is 4.79 Å². The van der Waals surface area contributed by atoms with Crippen molar-refractivity contribution in [3.05, 3.63) is 22.4 Å². The summed E-state index contributed by atoms with van der Waals surface area (Å²) in [5.41, 5.74) is 5.63. The van der Waals surface area contributed by atoms with E-state index >= 15 is 0 Å². The summed E-state index contributed by atoms with van der Waals surface area (Å²) in [7, 11) is 0. The number of primary amides is 1. The van der Waals surface area contributed by atoms with E-state index in [9.17, 15) is 19.2 Å². The van der Waals surface area contributed by atoms with Gasteiger partial charge in [-0.1, -0.05) is 38.2 Å². The number of nitrogens with two attached hydrogens (primary N) is 1. The number of urea groups is 1. The van der Waals surface area contributed by atoms with Gasteiger partial charge in [-0.05, 0) is 37.6 Å². The van der Waals surface area contributed by atoms with Crippen LogP contribution in [0.15, 0.2) is 17.5 Å². The van der Waals surface area contributed by atoms with E-state index < -0.39 is 23.9 Å². The van der Waals surface area contributed by atoms with Gasteiger partial charge in [0.25, 0.3) is 5.91 Å². The molecular weight excluding hydrogens is 442 g/mol. The van der Waals surface area contributed by atoms with Crippen LogP contribution in [-0.4, -0.2) is 71.3 Å². The fourth-order valence-electron chi connectivity index (χ4n) is 4.59. The van der Waals surface area contributed by atoms with Gasteiger partial charge >= 0.3 is 6.03 Å². The lowest BCUT2D eigenvalue weighted by molar-refractivity contribution is -0.131. The molecule has 4 N–H and O–H groups in total. The van der Waals surface area contributed by atoms with E-state index in [1.54, 1.807) is 17.0 Å². The first-order chi connectivity index (χ1) is 15.8. The first kappa shape index (κ1) is 25.0. The summed E-state index contributed by atoms with van der Waals surface area (Å²) in [6, 6.07) is 1.48. The molecule has 10 heteroatoms. The van der Waals surface area contributed by atoms with Gasteiger partial charge in [0, 0.05) is 19.1 Å². The van der Waals surface area contributed by atoms with Crippen LogP contribution < -0.4 is 16.4 Å². The van der Waals surface area contributed by atoms with E-state index in [0.717, 1.165) is 25.7 Å². The average Bonchev–Trinajstić information content (AvgIpc) is 3.33. The number of hydrogen-bond acceptors (Lipinski definition) is 5. The number of nitrogens with zero attached hydrogens (tertiary/aromatic N) is 2. The van der Waals surface area contributed by atoms with Gasteiger partial charge < -0.3 is 26.2 Å². The summed E-state index contributed by atoms with van der Waals surface area (Å²) in [6.07, 6.45) is 5.99. The van der Waals surface area contributed by atoms with Crippen molar-refractivity contribution < 1.29 is 19.2 Å². The van der Waals surface area contributed by atoms with Crippen molar-refractivity contribution >= 4 is 35.1 Å². The van der Waals surface area contributed by atoms with Crippen LogP contribution in [-0.2, 0) is 9.59 Å². The quantitative estimate of drug-likeness (QED) is 0.555. The van der Waals surface area contributed by atoms with Crippen LogP contribution in [0.3, 0.4) is 0 Å². The van der Waals surface area contributed by atoms with Gasteiger partial charge in [0.05, 0.1) is 11.4 Å². The third kappa shape index (κ3) is 6.69. The molecule has 0 radical (unpaired) electrons. The van der Waals surface area contributed by atoms with Crippen LogP contribution in [0.1, 0.15) is 62.0 Å². The van der Waals surface area contributed by atoms with Crippen molar-refractivity contribution in [1.82, 2.24) is 20.4 Å². The molecule has 2 unspecified atom stereocenters. The maximum absolute atomic E-state index is 13.4. The van der Waals surface area contributed by atoms with Crippen molar-refractivity contribution in [2.24, 2.45) is 11.7 Å². The number of hydrogen-bond donors (Lipinski definition) is 3. The Labute approximate surface area is 199 Å². The third-order valence-electron chi connectivity index (χ3n) is 6.33. The molecule has 2 atom stereocenters. The van der Waals surface area contributed by atoms with Crippen LogP contribution in [0.5, 0.6) is 0 Å². The first-order valence-corrected chi connectivity index (χ1v) is 12.6. The summed E-state index contributed by atoms with van der Waals surface area (Å²) < 4.78 is 0. The van der Waals surface area contributed by atoms with Crippen LogP contribution in [0.2, 0.25) is 0 Å². The molecule has 33 heavy (non-hydrogen) atoms. The standard InChI is InChI=1S/C23H35N5O4S/c1-15(2)25-23(32)27-10-11-28(22(31)19-9-6-12-33-19)18(14-27)21(30)26-17(20(24)29)13-16-7-4-3-5-8-16/h6,9,12,15-18H,3-5,7-8,10-11,13-14H2,1-2H3,(H2,24,29)(H,25,32)(H,26,30).